The smallest absolute Gasteiger partial charge is 0.321 e. The quantitative estimate of drug-likeness (QED) is 0.738. The molecule has 0 heterocycles. The molecule has 0 atom stereocenters. The van der Waals surface area contributed by atoms with Crippen LogP contribution in [0.1, 0.15) is 32.6 Å². The van der Waals surface area contributed by atoms with E-state index < -0.39 is 15.9 Å². The van der Waals surface area contributed by atoms with E-state index in [0.29, 0.717) is 17.7 Å². The molecular formula is C15H22N2O4S. The fraction of sp³-hybridized carbons (Fsp3) is 0.467. The third-order valence-electron chi connectivity index (χ3n) is 3.29. The Balaban J connectivity index is 2.29. The predicted octanol–water partition coefficient (Wildman–Crippen LogP) is 1.95. The monoisotopic (exact) mass is 326 g/mol. The first-order valence-electron chi connectivity index (χ1n) is 7.20. The van der Waals surface area contributed by atoms with E-state index in [1.807, 2.05) is 0 Å². The fourth-order valence-corrected chi connectivity index (χ4v) is 3.48. The Labute approximate surface area is 131 Å². The van der Waals surface area contributed by atoms with Crippen LogP contribution in [0.2, 0.25) is 0 Å². The van der Waals surface area contributed by atoms with Gasteiger partial charge in [0.2, 0.25) is 5.91 Å². The van der Waals surface area contributed by atoms with E-state index in [4.69, 9.17) is 5.73 Å². The van der Waals surface area contributed by atoms with E-state index in [1.165, 1.54) is 6.92 Å². The highest BCUT2D eigenvalue weighted by Gasteiger charge is 2.14. The maximum absolute atomic E-state index is 12.0. The van der Waals surface area contributed by atoms with Crippen molar-refractivity contribution >= 4 is 21.8 Å². The first kappa shape index (κ1) is 18.2. The molecule has 0 unspecified atom stereocenters. The third-order valence-corrected chi connectivity index (χ3v) is 5.11. The van der Waals surface area contributed by atoms with Gasteiger partial charge in [0.1, 0.15) is 0 Å². The van der Waals surface area contributed by atoms with Crippen LogP contribution in [0.5, 0.6) is 0 Å². The number of urea groups is 1. The van der Waals surface area contributed by atoms with Gasteiger partial charge in [0, 0.05) is 13.5 Å². The zero-order valence-electron chi connectivity index (χ0n) is 12.7. The molecule has 0 spiro atoms. The standard InChI is InChI=1S/C15H22N2O4S/c1-13(18)17(15(16)19)11-7-2-3-8-12-22(20,21)14-9-5-4-6-10-14/h4-6,9-10H,2-3,7-8,11-12H2,1H3,(H2,16,19). The summed E-state index contributed by atoms with van der Waals surface area (Å²) in [6, 6.07) is 7.61. The van der Waals surface area contributed by atoms with E-state index in [0.717, 1.165) is 17.7 Å². The highest BCUT2D eigenvalue weighted by Crippen LogP contribution is 2.13. The predicted molar refractivity (Wildman–Crippen MR) is 83.9 cm³/mol. The molecule has 0 saturated heterocycles. The number of amides is 3. The summed E-state index contributed by atoms with van der Waals surface area (Å²) in [5.41, 5.74) is 5.09. The molecule has 22 heavy (non-hydrogen) atoms. The summed E-state index contributed by atoms with van der Waals surface area (Å²) in [6.45, 7) is 1.56. The number of carbonyl (C=O) groups is 2. The van der Waals surface area contributed by atoms with Crippen molar-refractivity contribution in [3.63, 3.8) is 0 Å². The molecule has 0 aliphatic rings. The molecule has 0 aromatic heterocycles. The second-order valence-corrected chi connectivity index (χ2v) is 7.16. The first-order chi connectivity index (χ1) is 10.3. The van der Waals surface area contributed by atoms with Gasteiger partial charge in [-0.15, -0.1) is 0 Å². The minimum atomic E-state index is -3.23. The van der Waals surface area contributed by atoms with Crippen molar-refractivity contribution in [1.29, 1.82) is 0 Å². The van der Waals surface area contributed by atoms with Gasteiger partial charge in [-0.1, -0.05) is 31.0 Å². The minimum absolute atomic E-state index is 0.100. The van der Waals surface area contributed by atoms with Crippen molar-refractivity contribution in [2.75, 3.05) is 12.3 Å². The van der Waals surface area contributed by atoms with Crippen LogP contribution in [-0.2, 0) is 14.6 Å². The molecule has 3 amide bonds. The molecule has 1 rings (SSSR count). The Morgan fingerprint density at radius 1 is 1.05 bits per heavy atom. The minimum Gasteiger partial charge on any atom is -0.351 e. The van der Waals surface area contributed by atoms with Gasteiger partial charge in [-0.05, 0) is 25.0 Å². The van der Waals surface area contributed by atoms with Gasteiger partial charge in [-0.2, -0.15) is 0 Å². The van der Waals surface area contributed by atoms with Crippen molar-refractivity contribution in [2.24, 2.45) is 5.73 Å². The van der Waals surface area contributed by atoms with Gasteiger partial charge in [-0.3, -0.25) is 9.69 Å². The van der Waals surface area contributed by atoms with Crippen molar-refractivity contribution in [3.05, 3.63) is 30.3 Å². The second-order valence-electron chi connectivity index (χ2n) is 5.06. The van der Waals surface area contributed by atoms with Crippen LogP contribution in [0.3, 0.4) is 0 Å². The lowest BCUT2D eigenvalue weighted by Gasteiger charge is -2.15. The Morgan fingerprint density at radius 2 is 1.64 bits per heavy atom. The zero-order valence-corrected chi connectivity index (χ0v) is 13.5. The molecule has 0 aliphatic heterocycles. The number of benzene rings is 1. The Morgan fingerprint density at radius 3 is 2.18 bits per heavy atom. The molecule has 7 heteroatoms. The Hall–Kier alpha value is -1.89. The van der Waals surface area contributed by atoms with Gasteiger partial charge in [0.25, 0.3) is 0 Å². The number of nitrogens with two attached hydrogens (primary N) is 1. The van der Waals surface area contributed by atoms with Crippen LogP contribution < -0.4 is 5.73 Å². The van der Waals surface area contributed by atoms with Crippen LogP contribution in [0, 0.1) is 0 Å². The van der Waals surface area contributed by atoms with Crippen LogP contribution in [0.4, 0.5) is 4.79 Å². The lowest BCUT2D eigenvalue weighted by Crippen LogP contribution is -2.39. The van der Waals surface area contributed by atoms with E-state index in [9.17, 15) is 18.0 Å². The number of nitrogens with zero attached hydrogens (tertiary/aromatic N) is 1. The van der Waals surface area contributed by atoms with Gasteiger partial charge in [0.05, 0.1) is 10.6 Å². The number of rotatable bonds is 8. The summed E-state index contributed by atoms with van der Waals surface area (Å²) in [5.74, 6) is -0.275. The number of carbonyl (C=O) groups excluding carboxylic acids is 2. The number of hydrogen-bond donors (Lipinski definition) is 1. The van der Waals surface area contributed by atoms with Gasteiger partial charge < -0.3 is 5.73 Å². The molecule has 0 aliphatic carbocycles. The highest BCUT2D eigenvalue weighted by molar-refractivity contribution is 7.91. The SMILES string of the molecule is CC(=O)N(CCCCCCS(=O)(=O)c1ccccc1)C(N)=O. The largest absolute Gasteiger partial charge is 0.351 e. The van der Waals surface area contributed by atoms with Crippen molar-refractivity contribution in [2.45, 2.75) is 37.5 Å². The normalized spacial score (nSPS) is 11.1. The topological polar surface area (TPSA) is 97.5 Å². The van der Waals surface area contributed by atoms with Crippen molar-refractivity contribution < 1.29 is 18.0 Å². The van der Waals surface area contributed by atoms with Crippen LogP contribution in [0.25, 0.3) is 0 Å². The van der Waals surface area contributed by atoms with E-state index in [-0.39, 0.29) is 18.2 Å². The van der Waals surface area contributed by atoms with E-state index in [1.54, 1.807) is 30.3 Å². The average molecular weight is 326 g/mol. The number of primary amides is 1. The lowest BCUT2D eigenvalue weighted by atomic mass is 10.2. The summed E-state index contributed by atoms with van der Waals surface area (Å²) in [7, 11) is -3.23. The number of hydrogen-bond acceptors (Lipinski definition) is 4. The maximum Gasteiger partial charge on any atom is 0.321 e. The summed E-state index contributed by atoms with van der Waals surface area (Å²) >= 11 is 0. The van der Waals surface area contributed by atoms with Gasteiger partial charge in [0.15, 0.2) is 9.84 Å². The summed E-state index contributed by atoms with van der Waals surface area (Å²) in [4.78, 5) is 23.5. The molecule has 1 aromatic rings. The maximum atomic E-state index is 12.0. The Bertz CT molecular complexity index is 585. The highest BCUT2D eigenvalue weighted by atomic mass is 32.2. The molecule has 1 aromatic carbocycles. The first-order valence-corrected chi connectivity index (χ1v) is 8.85. The lowest BCUT2D eigenvalue weighted by molar-refractivity contribution is -0.125. The zero-order chi connectivity index (χ0) is 16.6. The number of imide groups is 1. The molecule has 0 radical (unpaired) electrons. The van der Waals surface area contributed by atoms with Gasteiger partial charge in [-0.25, -0.2) is 13.2 Å². The van der Waals surface area contributed by atoms with Crippen molar-refractivity contribution in [1.82, 2.24) is 4.90 Å². The van der Waals surface area contributed by atoms with Crippen molar-refractivity contribution in [3.8, 4) is 0 Å². The molecule has 0 saturated carbocycles. The molecule has 0 fully saturated rings. The summed E-state index contributed by atoms with van der Waals surface area (Å²) in [6.07, 6.45) is 2.62. The molecule has 122 valence electrons. The van der Waals surface area contributed by atoms with E-state index >= 15 is 0 Å². The summed E-state index contributed by atoms with van der Waals surface area (Å²) < 4.78 is 24.1. The number of sulfone groups is 1. The van der Waals surface area contributed by atoms with E-state index in [2.05, 4.69) is 0 Å². The number of unbranched alkanes of at least 4 members (excludes halogenated alkanes) is 3. The molecule has 0 bridgehead atoms. The summed E-state index contributed by atoms with van der Waals surface area (Å²) in [5, 5.41) is 0. The average Bonchev–Trinajstić information content (AvgIpc) is 2.46. The second kappa shape index (κ2) is 8.53. The van der Waals surface area contributed by atoms with Crippen LogP contribution >= 0.6 is 0 Å². The van der Waals surface area contributed by atoms with Gasteiger partial charge >= 0.3 is 6.03 Å². The fourth-order valence-electron chi connectivity index (χ4n) is 2.08. The Kier molecular flexibility index (Phi) is 7.04. The van der Waals surface area contributed by atoms with Crippen LogP contribution in [-0.4, -0.2) is 37.6 Å². The molecule has 6 nitrogen and oxygen atoms in total. The third kappa shape index (κ3) is 5.85. The molecular weight excluding hydrogens is 304 g/mol. The molecule has 2 N–H and O–H groups in total. The van der Waals surface area contributed by atoms with Crippen LogP contribution in [0.15, 0.2) is 35.2 Å².